The predicted octanol–water partition coefficient (Wildman–Crippen LogP) is 12.2. The maximum Gasteiger partial charge on any atom is 2.00 e. The third kappa shape index (κ3) is 12.8. The van der Waals surface area contributed by atoms with Gasteiger partial charge in [0, 0.05) is 44.4 Å². The Labute approximate surface area is 573 Å². The number of benzene rings is 3. The third-order valence-electron chi connectivity index (χ3n) is 18.0. The largest absolute Gasteiger partial charge is 2.00 e. The van der Waals surface area contributed by atoms with E-state index in [4.69, 9.17) is 79.6 Å². The summed E-state index contributed by atoms with van der Waals surface area (Å²) in [4.78, 5) is 25.6. The molecule has 14 rings (SSSR count). The molecular weight excluding hydrogens is 1330 g/mol. The van der Waals surface area contributed by atoms with Crippen LogP contribution in [0.1, 0.15) is 130 Å². The Morgan fingerprint density at radius 1 is 0.462 bits per heavy atom. The Morgan fingerprint density at radius 2 is 0.796 bits per heavy atom. The van der Waals surface area contributed by atoms with E-state index in [1.165, 1.54) is 19.6 Å². The maximum absolute atomic E-state index is 11.4. The van der Waals surface area contributed by atoms with Gasteiger partial charge >= 0.3 is 19.5 Å². The molecule has 3 aromatic carbocycles. The first-order valence-corrected chi connectivity index (χ1v) is 30.9. The molecule has 0 spiro atoms. The summed E-state index contributed by atoms with van der Waals surface area (Å²) in [5.74, 6) is -1.66. The van der Waals surface area contributed by atoms with Crippen LogP contribution in [-0.2, 0) is 52.6 Å². The number of aliphatic hydroxyl groups excluding tert-OH is 4. The Hall–Kier alpha value is -5.18. The van der Waals surface area contributed by atoms with Gasteiger partial charge in [0.25, 0.3) is 0 Å². The van der Waals surface area contributed by atoms with Gasteiger partial charge in [0.15, 0.2) is 30.3 Å². The van der Waals surface area contributed by atoms with Crippen molar-refractivity contribution in [1.82, 2.24) is 43.6 Å². The first kappa shape index (κ1) is 72.1. The van der Waals surface area contributed by atoms with Crippen LogP contribution in [0.25, 0.3) is 33.1 Å². The van der Waals surface area contributed by atoms with E-state index in [0.29, 0.717) is 48.0 Å². The SMILES string of the molecule is Cc1cc([C@@H](O)C2O[C@@H](n3ccc4c(C)ncnc43)[C@H](O)[C@]2(C)O)ccc1Cl.Cc1cc([C@@H](O)[C@H]2O[C@@H](n3ccc4c(C)ncnc43)[C@@H]3OC(C)(C)O[C@]23C)ccc1Cl.Cc1cc([C@@H](O)[C@H]2O[C@@H](n3ccc4c(Cl)ncnc43)[C@@H]3OC(C)(C)O[C@]23C)ccc1Cl.[CH3-].[CH3-].[Zn+2]. The average Bonchev–Trinajstić information content (AvgIpc) is 1.57. The summed E-state index contributed by atoms with van der Waals surface area (Å²) in [6.07, 6.45) is 0.248. The predicted molar refractivity (Wildman–Crippen MR) is 349 cm³/mol. The second-order valence-corrected chi connectivity index (χ2v) is 26.9. The second-order valence-electron chi connectivity index (χ2n) is 25.3. The fourth-order valence-electron chi connectivity index (χ4n) is 13.4. The van der Waals surface area contributed by atoms with Crippen LogP contribution in [0.15, 0.2) is 110 Å². The number of hydrogen-bond acceptors (Lipinski definition) is 18. The Kier molecular flexibility index (Phi) is 20.7. The van der Waals surface area contributed by atoms with E-state index >= 15 is 0 Å². The van der Waals surface area contributed by atoms with Crippen molar-refractivity contribution in [2.45, 2.75) is 185 Å². The van der Waals surface area contributed by atoms with E-state index in [-0.39, 0.29) is 34.3 Å². The fraction of sp³-hybridized carbons (Fsp3) is 0.433. The number of nitrogens with zero attached hydrogens (tertiary/aromatic N) is 9. The minimum atomic E-state index is -1.68. The van der Waals surface area contributed by atoms with Gasteiger partial charge in [-0.1, -0.05) is 82.8 Å². The van der Waals surface area contributed by atoms with Crippen molar-refractivity contribution < 1.29 is 78.2 Å². The molecule has 5 fully saturated rings. The van der Waals surface area contributed by atoms with Crippen molar-refractivity contribution >= 4 is 79.5 Å². The van der Waals surface area contributed by atoms with Crippen LogP contribution in [-0.4, -0.2) is 134 Å². The van der Waals surface area contributed by atoms with Crippen LogP contribution >= 0.6 is 46.4 Å². The summed E-state index contributed by atoms with van der Waals surface area (Å²) in [5.41, 5.74) is 4.73. The summed E-state index contributed by atoms with van der Waals surface area (Å²) < 4.78 is 49.6. The van der Waals surface area contributed by atoms with Gasteiger partial charge in [-0.25, -0.2) is 29.9 Å². The van der Waals surface area contributed by atoms with Crippen LogP contribution in [0.5, 0.6) is 0 Å². The van der Waals surface area contributed by atoms with Crippen LogP contribution in [0.4, 0.5) is 0 Å². The van der Waals surface area contributed by atoms with Gasteiger partial charge in [0.2, 0.25) is 0 Å². The summed E-state index contributed by atoms with van der Waals surface area (Å²) in [7, 11) is 0. The third-order valence-corrected chi connectivity index (χ3v) is 19.5. The number of aromatic nitrogens is 9. The molecule has 6 aromatic heterocycles. The molecule has 21 nitrogen and oxygen atoms in total. The summed E-state index contributed by atoms with van der Waals surface area (Å²) in [6, 6.07) is 21.7. The second kappa shape index (κ2) is 26.7. The first-order chi connectivity index (χ1) is 42.4. The van der Waals surface area contributed by atoms with Crippen LogP contribution in [0.2, 0.25) is 20.2 Å². The maximum atomic E-state index is 11.4. The van der Waals surface area contributed by atoms with Crippen LogP contribution in [0, 0.1) is 49.5 Å². The molecule has 26 heteroatoms. The summed E-state index contributed by atoms with van der Waals surface area (Å²) in [5, 5.41) is 60.1. The van der Waals surface area contributed by atoms with Gasteiger partial charge in [-0.2, -0.15) is 0 Å². The zero-order chi connectivity index (χ0) is 64.5. The number of halogens is 4. The minimum Gasteiger partial charge on any atom is -0.386 e. The van der Waals surface area contributed by atoms with E-state index in [1.807, 2.05) is 134 Å². The molecule has 0 bridgehead atoms. The number of fused-ring (bicyclic) bond motifs is 5. The molecule has 9 aromatic rings. The topological polar surface area (TPSA) is 258 Å². The molecule has 0 saturated carbocycles. The number of aryl methyl sites for hydroxylation is 5. The quantitative estimate of drug-likeness (QED) is 0.0511. The monoisotopic (exact) mass is 1400 g/mol. The minimum absolute atomic E-state index is 0. The van der Waals surface area contributed by atoms with Crippen molar-refractivity contribution in [2.75, 3.05) is 0 Å². The molecule has 0 radical (unpaired) electrons. The van der Waals surface area contributed by atoms with Crippen molar-refractivity contribution in [3.63, 3.8) is 0 Å². The molecule has 5 saturated heterocycles. The van der Waals surface area contributed by atoms with Crippen molar-refractivity contribution in [3.05, 3.63) is 190 Å². The van der Waals surface area contributed by atoms with E-state index in [1.54, 1.807) is 53.5 Å². The number of aliphatic hydroxyl groups is 5. The molecule has 5 N–H and O–H groups in total. The first-order valence-electron chi connectivity index (χ1n) is 29.4. The Bertz CT molecular complexity index is 4030. The van der Waals surface area contributed by atoms with E-state index in [9.17, 15) is 25.5 Å². The van der Waals surface area contributed by atoms with E-state index < -0.39 is 102 Å². The van der Waals surface area contributed by atoms with E-state index in [2.05, 4.69) is 29.9 Å². The number of ether oxygens (including phenoxy) is 7. The Morgan fingerprint density at radius 3 is 1.18 bits per heavy atom. The molecule has 11 heterocycles. The van der Waals surface area contributed by atoms with Gasteiger partial charge in [0.05, 0.1) is 16.8 Å². The molecular formula is C67H77Cl4N9O12Zn. The molecule has 5 aliphatic rings. The zero-order valence-electron chi connectivity index (χ0n) is 54.2. The smallest absolute Gasteiger partial charge is 0.386 e. The molecule has 0 aliphatic carbocycles. The summed E-state index contributed by atoms with van der Waals surface area (Å²) >= 11 is 24.7. The van der Waals surface area contributed by atoms with Crippen molar-refractivity contribution in [3.8, 4) is 0 Å². The molecule has 15 atom stereocenters. The van der Waals surface area contributed by atoms with Crippen LogP contribution in [0.3, 0.4) is 0 Å². The molecule has 1 unspecified atom stereocenters. The fourth-order valence-corrected chi connectivity index (χ4v) is 13.9. The standard InChI is InChI=1S/C23H26ClN3O4.C22H23Cl2N3O4.C20H22ClN3O4.2CH3.Zn/c1-12-10-14(6-7-16(12)24)17(28)18-23(5)19(30-22(3,4)31-23)21(29-18)27-9-8-15-13(2)25-11-26-20(15)27;1-11-9-12(5-6-14(11)23)15(28)16-22(4)17(30-21(2,3)31-22)20(29-16)27-8-7-13-18(24)25-10-26-19(13)27;1-10-8-12(4-5-14(10)21)15(25)17-20(3,27)16(26)19(28-17)24-7-6-13-11(2)22-9-23-18(13)24;;;/h6-11,17-19,21,28H,1-5H3;5-10,15-17,20,28H,1-4H3;4-9,15-17,19,25-27H,1-3H3;2*1H3;/q;;;2*-1;+2/t17-,18-,19+,21-,23-;15-,16-,17+,20-,22-;15-,16+,17?,19-,20+;;;/m111.../s1. The van der Waals surface area contributed by atoms with E-state index in [0.717, 1.165) is 50.1 Å². The van der Waals surface area contributed by atoms with Gasteiger partial charge in [-0.3, -0.25) is 0 Å². The Balaban J connectivity index is 0.000000162. The normalized spacial score (nSPS) is 29.1. The van der Waals surface area contributed by atoms with Gasteiger partial charge in [0.1, 0.15) is 113 Å². The summed E-state index contributed by atoms with van der Waals surface area (Å²) in [6.45, 7) is 22.2. The van der Waals surface area contributed by atoms with Crippen molar-refractivity contribution in [1.29, 1.82) is 0 Å². The van der Waals surface area contributed by atoms with Gasteiger partial charge in [-0.05, 0) is 153 Å². The van der Waals surface area contributed by atoms with Crippen molar-refractivity contribution in [2.24, 2.45) is 0 Å². The van der Waals surface area contributed by atoms with Gasteiger partial charge < -0.3 is 87.2 Å². The van der Waals surface area contributed by atoms with Crippen LogP contribution < -0.4 is 0 Å². The number of hydrogen-bond donors (Lipinski definition) is 5. The number of rotatable bonds is 9. The molecule has 492 valence electrons. The average molecular weight is 1410 g/mol. The van der Waals surface area contributed by atoms with Gasteiger partial charge in [-0.15, -0.1) is 0 Å². The molecule has 93 heavy (non-hydrogen) atoms. The zero-order valence-corrected chi connectivity index (χ0v) is 60.1. The molecule has 0 amide bonds. The molecule has 5 aliphatic heterocycles.